The van der Waals surface area contributed by atoms with Crippen LogP contribution in [0.2, 0.25) is 0 Å². The van der Waals surface area contributed by atoms with E-state index in [0.29, 0.717) is 5.56 Å². The molecule has 0 saturated heterocycles. The molecule has 0 aliphatic rings. The Labute approximate surface area is 126 Å². The van der Waals surface area contributed by atoms with Crippen molar-refractivity contribution in [1.29, 1.82) is 5.26 Å². The molecule has 0 amide bonds. The van der Waals surface area contributed by atoms with Crippen LogP contribution in [0.4, 0.5) is 0 Å². The monoisotopic (exact) mass is 285 g/mol. The summed E-state index contributed by atoms with van der Waals surface area (Å²) in [6.45, 7) is 0. The first-order valence-corrected chi connectivity index (χ1v) is 6.82. The van der Waals surface area contributed by atoms with Crippen LogP contribution in [0, 0.1) is 11.3 Å². The van der Waals surface area contributed by atoms with Crippen LogP contribution in [0.15, 0.2) is 55.1 Å². The summed E-state index contributed by atoms with van der Waals surface area (Å²) in [7, 11) is 0. The predicted octanol–water partition coefficient (Wildman–Crippen LogP) is 3.49. The Balaban J connectivity index is 1.91. The molecule has 0 aliphatic carbocycles. The summed E-state index contributed by atoms with van der Waals surface area (Å²) in [5.74, 6) is 0. The third kappa shape index (κ3) is 1.95. The van der Waals surface area contributed by atoms with Crippen molar-refractivity contribution in [2.75, 3.05) is 0 Å². The van der Waals surface area contributed by atoms with Gasteiger partial charge < -0.3 is 4.98 Å². The second-order valence-electron chi connectivity index (χ2n) is 5.00. The second-order valence-corrected chi connectivity index (χ2v) is 5.00. The number of aromatic nitrogens is 4. The highest BCUT2D eigenvalue weighted by Gasteiger charge is 2.10. The molecule has 0 atom stereocenters. The highest BCUT2D eigenvalue weighted by molar-refractivity contribution is 5.95. The summed E-state index contributed by atoms with van der Waals surface area (Å²) in [6, 6.07) is 11.8. The molecule has 2 N–H and O–H groups in total. The maximum atomic E-state index is 9.06. The van der Waals surface area contributed by atoms with Gasteiger partial charge in [0.05, 0.1) is 17.8 Å². The van der Waals surface area contributed by atoms with Gasteiger partial charge in [0.1, 0.15) is 5.65 Å². The SMILES string of the molecule is N#Cc1cccc(-c2c[nH]c3ncc(-c4cn[nH]c4)cc23)c1. The first-order chi connectivity index (χ1) is 10.8. The molecule has 1 aromatic carbocycles. The van der Waals surface area contributed by atoms with Gasteiger partial charge in [-0.3, -0.25) is 5.10 Å². The lowest BCUT2D eigenvalue weighted by Crippen LogP contribution is -1.82. The van der Waals surface area contributed by atoms with Crippen LogP contribution in [0.1, 0.15) is 5.56 Å². The fourth-order valence-electron chi connectivity index (χ4n) is 2.57. The van der Waals surface area contributed by atoms with E-state index in [1.807, 2.05) is 36.8 Å². The van der Waals surface area contributed by atoms with Crippen LogP contribution >= 0.6 is 0 Å². The Morgan fingerprint density at radius 3 is 2.77 bits per heavy atom. The van der Waals surface area contributed by atoms with Crippen molar-refractivity contribution in [3.63, 3.8) is 0 Å². The van der Waals surface area contributed by atoms with E-state index in [2.05, 4.69) is 32.3 Å². The van der Waals surface area contributed by atoms with Gasteiger partial charge in [0.15, 0.2) is 0 Å². The largest absolute Gasteiger partial charge is 0.346 e. The van der Waals surface area contributed by atoms with Crippen molar-refractivity contribution in [3.05, 3.63) is 60.7 Å². The summed E-state index contributed by atoms with van der Waals surface area (Å²) in [6.07, 6.45) is 7.35. The molecule has 3 aromatic heterocycles. The van der Waals surface area contributed by atoms with Gasteiger partial charge in [-0.15, -0.1) is 0 Å². The number of H-pyrrole nitrogens is 2. The number of hydrogen-bond acceptors (Lipinski definition) is 3. The number of fused-ring (bicyclic) bond motifs is 1. The van der Waals surface area contributed by atoms with Gasteiger partial charge >= 0.3 is 0 Å². The first-order valence-electron chi connectivity index (χ1n) is 6.82. The molecule has 0 radical (unpaired) electrons. The molecule has 0 unspecified atom stereocenters. The van der Waals surface area contributed by atoms with Gasteiger partial charge in [-0.2, -0.15) is 10.4 Å². The lowest BCUT2D eigenvalue weighted by Gasteiger charge is -2.02. The summed E-state index contributed by atoms with van der Waals surface area (Å²) in [5, 5.41) is 16.9. The smallest absolute Gasteiger partial charge is 0.137 e. The van der Waals surface area contributed by atoms with Crippen LogP contribution in [0.5, 0.6) is 0 Å². The van der Waals surface area contributed by atoms with Gasteiger partial charge in [-0.25, -0.2) is 4.98 Å². The highest BCUT2D eigenvalue weighted by Crippen LogP contribution is 2.31. The fraction of sp³-hybridized carbons (Fsp3) is 0. The average Bonchev–Trinajstić information content (AvgIpc) is 3.23. The third-order valence-electron chi connectivity index (χ3n) is 3.67. The van der Waals surface area contributed by atoms with Crippen molar-refractivity contribution in [2.24, 2.45) is 0 Å². The van der Waals surface area contributed by atoms with Crippen molar-refractivity contribution >= 4 is 11.0 Å². The lowest BCUT2D eigenvalue weighted by molar-refractivity contribution is 1.09. The van der Waals surface area contributed by atoms with Gasteiger partial charge in [-0.1, -0.05) is 12.1 Å². The molecule has 3 heterocycles. The summed E-state index contributed by atoms with van der Waals surface area (Å²) >= 11 is 0. The molecule has 5 heteroatoms. The number of benzene rings is 1. The van der Waals surface area contributed by atoms with E-state index in [9.17, 15) is 0 Å². The van der Waals surface area contributed by atoms with Crippen LogP contribution < -0.4 is 0 Å². The maximum Gasteiger partial charge on any atom is 0.137 e. The molecule has 104 valence electrons. The van der Waals surface area contributed by atoms with Gasteiger partial charge in [-0.05, 0) is 23.8 Å². The van der Waals surface area contributed by atoms with E-state index < -0.39 is 0 Å². The van der Waals surface area contributed by atoms with Crippen molar-refractivity contribution in [3.8, 4) is 28.3 Å². The zero-order valence-corrected chi connectivity index (χ0v) is 11.5. The molecular formula is C17H11N5. The molecule has 0 saturated carbocycles. The zero-order valence-electron chi connectivity index (χ0n) is 11.5. The number of aromatic amines is 2. The second kappa shape index (κ2) is 4.86. The van der Waals surface area contributed by atoms with Crippen LogP contribution in [-0.4, -0.2) is 20.2 Å². The molecule has 22 heavy (non-hydrogen) atoms. The van der Waals surface area contributed by atoms with E-state index in [1.165, 1.54) is 0 Å². The Bertz CT molecular complexity index is 989. The molecular weight excluding hydrogens is 274 g/mol. The van der Waals surface area contributed by atoms with Crippen molar-refractivity contribution in [2.45, 2.75) is 0 Å². The Kier molecular flexibility index (Phi) is 2.73. The van der Waals surface area contributed by atoms with E-state index >= 15 is 0 Å². The van der Waals surface area contributed by atoms with E-state index in [0.717, 1.165) is 33.3 Å². The molecule has 5 nitrogen and oxygen atoms in total. The highest BCUT2D eigenvalue weighted by atomic mass is 15.1. The van der Waals surface area contributed by atoms with Gasteiger partial charge in [0.2, 0.25) is 0 Å². The van der Waals surface area contributed by atoms with Crippen molar-refractivity contribution < 1.29 is 0 Å². The van der Waals surface area contributed by atoms with Crippen LogP contribution in [0.3, 0.4) is 0 Å². The Morgan fingerprint density at radius 2 is 1.95 bits per heavy atom. The minimum absolute atomic E-state index is 0.644. The number of nitrogens with zero attached hydrogens (tertiary/aromatic N) is 3. The maximum absolute atomic E-state index is 9.06. The minimum atomic E-state index is 0.644. The fourth-order valence-corrected chi connectivity index (χ4v) is 2.57. The number of rotatable bonds is 2. The standard InChI is InChI=1S/C17H11N5/c18-6-11-2-1-3-12(4-11)16-10-20-17-15(16)5-13(7-19-17)14-8-21-22-9-14/h1-5,7-10H,(H,19,20)(H,21,22). The number of nitriles is 1. The summed E-state index contributed by atoms with van der Waals surface area (Å²) in [4.78, 5) is 7.64. The van der Waals surface area contributed by atoms with Crippen LogP contribution in [-0.2, 0) is 0 Å². The minimum Gasteiger partial charge on any atom is -0.346 e. The predicted molar refractivity (Wildman–Crippen MR) is 83.8 cm³/mol. The number of hydrogen-bond donors (Lipinski definition) is 2. The molecule has 0 bridgehead atoms. The van der Waals surface area contributed by atoms with Gasteiger partial charge in [0.25, 0.3) is 0 Å². The Hall–Kier alpha value is -3.39. The third-order valence-corrected chi connectivity index (χ3v) is 3.67. The normalized spacial score (nSPS) is 10.7. The summed E-state index contributed by atoms with van der Waals surface area (Å²) in [5.41, 5.74) is 5.49. The van der Waals surface area contributed by atoms with E-state index in [4.69, 9.17) is 5.26 Å². The van der Waals surface area contributed by atoms with Crippen molar-refractivity contribution in [1.82, 2.24) is 20.2 Å². The molecule has 0 aliphatic heterocycles. The molecule has 4 rings (SSSR count). The zero-order chi connectivity index (χ0) is 14.9. The Morgan fingerprint density at radius 1 is 1.00 bits per heavy atom. The van der Waals surface area contributed by atoms with Gasteiger partial charge in [0, 0.05) is 40.7 Å². The molecule has 0 fully saturated rings. The lowest BCUT2D eigenvalue weighted by atomic mass is 10.0. The number of pyridine rings is 1. The number of nitrogens with one attached hydrogen (secondary N) is 2. The quantitative estimate of drug-likeness (QED) is 0.591. The van der Waals surface area contributed by atoms with E-state index in [-0.39, 0.29) is 0 Å². The first kappa shape index (κ1) is 12.4. The summed E-state index contributed by atoms with van der Waals surface area (Å²) < 4.78 is 0. The average molecular weight is 285 g/mol. The molecule has 4 aromatic rings. The van der Waals surface area contributed by atoms with Crippen LogP contribution in [0.25, 0.3) is 33.3 Å². The van der Waals surface area contributed by atoms with E-state index in [1.54, 1.807) is 12.3 Å². The molecule has 0 spiro atoms. The topological polar surface area (TPSA) is 81.2 Å².